The van der Waals surface area contributed by atoms with Crippen LogP contribution in [-0.2, 0) is 6.54 Å². The fourth-order valence-electron chi connectivity index (χ4n) is 2.36. The van der Waals surface area contributed by atoms with Gasteiger partial charge in [0.05, 0.1) is 0 Å². The second kappa shape index (κ2) is 5.81. The predicted octanol–water partition coefficient (Wildman–Crippen LogP) is 3.00. The summed E-state index contributed by atoms with van der Waals surface area (Å²) in [5, 5.41) is 0. The Morgan fingerprint density at radius 1 is 1.44 bits per heavy atom. The normalized spacial score (nSPS) is 15.1. The van der Waals surface area contributed by atoms with Crippen molar-refractivity contribution in [3.05, 3.63) is 34.9 Å². The highest BCUT2D eigenvalue weighted by molar-refractivity contribution is 7.80. The van der Waals surface area contributed by atoms with Crippen molar-refractivity contribution in [2.45, 2.75) is 45.7 Å². The number of thiocarbonyl (C=S) groups is 1. The van der Waals surface area contributed by atoms with Gasteiger partial charge in [-0.2, -0.15) is 0 Å². The summed E-state index contributed by atoms with van der Waals surface area (Å²) in [5.41, 5.74) is 9.32. The second-order valence-electron chi connectivity index (χ2n) is 5.21. The van der Waals surface area contributed by atoms with Crippen molar-refractivity contribution in [2.75, 3.05) is 6.54 Å². The van der Waals surface area contributed by atoms with Gasteiger partial charge in [0.2, 0.25) is 0 Å². The lowest BCUT2D eigenvalue weighted by Crippen LogP contribution is -2.26. The minimum Gasteiger partial charge on any atom is -0.389 e. The van der Waals surface area contributed by atoms with Crippen molar-refractivity contribution in [2.24, 2.45) is 5.73 Å². The molecule has 1 aromatic carbocycles. The third-order valence-corrected chi connectivity index (χ3v) is 3.81. The molecule has 98 valence electrons. The van der Waals surface area contributed by atoms with Crippen molar-refractivity contribution in [1.29, 1.82) is 0 Å². The van der Waals surface area contributed by atoms with Crippen LogP contribution in [0.15, 0.2) is 18.2 Å². The summed E-state index contributed by atoms with van der Waals surface area (Å²) in [4.78, 5) is 3.08. The number of hydrogen-bond acceptors (Lipinski definition) is 2. The molecule has 0 unspecified atom stereocenters. The van der Waals surface area contributed by atoms with Crippen molar-refractivity contribution >= 4 is 17.2 Å². The zero-order valence-corrected chi connectivity index (χ0v) is 12.1. The maximum atomic E-state index is 5.66. The van der Waals surface area contributed by atoms with Gasteiger partial charge in [0.1, 0.15) is 4.99 Å². The topological polar surface area (TPSA) is 29.3 Å². The van der Waals surface area contributed by atoms with Crippen LogP contribution in [0.25, 0.3) is 0 Å². The lowest BCUT2D eigenvalue weighted by atomic mass is 10.0. The Morgan fingerprint density at radius 3 is 2.67 bits per heavy atom. The van der Waals surface area contributed by atoms with Gasteiger partial charge in [-0.1, -0.05) is 31.3 Å². The van der Waals surface area contributed by atoms with E-state index in [-0.39, 0.29) is 0 Å². The average Bonchev–Trinajstić information content (AvgIpc) is 3.14. The summed E-state index contributed by atoms with van der Waals surface area (Å²) in [7, 11) is 0. The van der Waals surface area contributed by atoms with Gasteiger partial charge in [0, 0.05) is 18.2 Å². The molecular formula is C15H22N2S. The van der Waals surface area contributed by atoms with E-state index in [2.05, 4.69) is 30.9 Å². The van der Waals surface area contributed by atoms with Crippen molar-refractivity contribution in [3.8, 4) is 0 Å². The molecular weight excluding hydrogens is 240 g/mol. The van der Waals surface area contributed by atoms with Gasteiger partial charge in [-0.15, -0.1) is 0 Å². The molecule has 2 N–H and O–H groups in total. The quantitative estimate of drug-likeness (QED) is 0.799. The van der Waals surface area contributed by atoms with E-state index in [0.29, 0.717) is 4.99 Å². The molecule has 18 heavy (non-hydrogen) atoms. The minimum atomic E-state index is 0.484. The minimum absolute atomic E-state index is 0.484. The smallest absolute Gasteiger partial charge is 0.103 e. The molecule has 1 aromatic rings. The molecule has 1 saturated carbocycles. The number of nitrogens with zero attached hydrogens (tertiary/aromatic N) is 1. The van der Waals surface area contributed by atoms with Gasteiger partial charge in [-0.3, -0.25) is 4.90 Å². The van der Waals surface area contributed by atoms with E-state index in [0.717, 1.165) is 18.2 Å². The fourth-order valence-corrected chi connectivity index (χ4v) is 2.49. The average molecular weight is 262 g/mol. The lowest BCUT2D eigenvalue weighted by Gasteiger charge is -2.22. The molecule has 1 fully saturated rings. The monoisotopic (exact) mass is 262 g/mol. The summed E-state index contributed by atoms with van der Waals surface area (Å²) in [6.45, 7) is 6.65. The summed E-state index contributed by atoms with van der Waals surface area (Å²) in [6.07, 6.45) is 3.95. The lowest BCUT2D eigenvalue weighted by molar-refractivity contribution is 0.255. The summed E-state index contributed by atoms with van der Waals surface area (Å²) in [5.74, 6) is 0. The zero-order valence-electron chi connectivity index (χ0n) is 11.3. The summed E-state index contributed by atoms with van der Waals surface area (Å²) < 4.78 is 0. The van der Waals surface area contributed by atoms with Crippen molar-refractivity contribution < 1.29 is 0 Å². The van der Waals surface area contributed by atoms with Crippen LogP contribution < -0.4 is 5.73 Å². The highest BCUT2D eigenvalue weighted by Crippen LogP contribution is 2.29. The third kappa shape index (κ3) is 3.30. The van der Waals surface area contributed by atoms with Gasteiger partial charge < -0.3 is 5.73 Å². The largest absolute Gasteiger partial charge is 0.389 e. The van der Waals surface area contributed by atoms with Crippen molar-refractivity contribution in [1.82, 2.24) is 4.90 Å². The van der Waals surface area contributed by atoms with Gasteiger partial charge in [0.15, 0.2) is 0 Å². The molecule has 0 radical (unpaired) electrons. The van der Waals surface area contributed by atoms with Crippen LogP contribution in [0.1, 0.15) is 42.9 Å². The Morgan fingerprint density at radius 2 is 2.17 bits per heavy atom. The van der Waals surface area contributed by atoms with Gasteiger partial charge >= 0.3 is 0 Å². The Kier molecular flexibility index (Phi) is 4.36. The molecule has 2 nitrogen and oxygen atoms in total. The Bertz CT molecular complexity index is 438. The Labute approximate surface area is 115 Å². The molecule has 0 aromatic heterocycles. The summed E-state index contributed by atoms with van der Waals surface area (Å²) >= 11 is 5.01. The summed E-state index contributed by atoms with van der Waals surface area (Å²) in [6, 6.07) is 7.14. The number of rotatable bonds is 6. The highest BCUT2D eigenvalue weighted by Gasteiger charge is 2.28. The van der Waals surface area contributed by atoms with Gasteiger partial charge in [-0.25, -0.2) is 0 Å². The van der Waals surface area contributed by atoms with Gasteiger partial charge in [-0.05, 0) is 49.9 Å². The van der Waals surface area contributed by atoms with E-state index in [1.165, 1.54) is 36.9 Å². The molecule has 0 amide bonds. The maximum absolute atomic E-state index is 5.66. The van der Waals surface area contributed by atoms with Crippen LogP contribution in [0.3, 0.4) is 0 Å². The fraction of sp³-hybridized carbons (Fsp3) is 0.533. The molecule has 0 heterocycles. The van der Waals surface area contributed by atoms with Crippen LogP contribution in [0.2, 0.25) is 0 Å². The first-order chi connectivity index (χ1) is 8.61. The second-order valence-corrected chi connectivity index (χ2v) is 5.65. The number of hydrogen-bond donors (Lipinski definition) is 1. The third-order valence-electron chi connectivity index (χ3n) is 3.57. The first kappa shape index (κ1) is 13.5. The van der Waals surface area contributed by atoms with Crippen LogP contribution >= 0.6 is 12.2 Å². The predicted molar refractivity (Wildman–Crippen MR) is 80.8 cm³/mol. The molecule has 0 bridgehead atoms. The zero-order chi connectivity index (χ0) is 13.1. The standard InChI is InChI=1S/C15H22N2S/c1-3-8-17(14-6-7-14)10-13-5-4-12(15(16)18)9-11(13)2/h4-5,9,14H,3,6-8,10H2,1-2H3,(H2,16,18). The highest BCUT2D eigenvalue weighted by atomic mass is 32.1. The first-order valence-corrected chi connectivity index (χ1v) is 7.16. The molecule has 1 aliphatic rings. The first-order valence-electron chi connectivity index (χ1n) is 6.75. The molecule has 0 aliphatic heterocycles. The molecule has 1 aliphatic carbocycles. The number of aryl methyl sites for hydroxylation is 1. The van der Waals surface area contributed by atoms with E-state index in [1.807, 2.05) is 6.07 Å². The van der Waals surface area contributed by atoms with E-state index in [4.69, 9.17) is 18.0 Å². The van der Waals surface area contributed by atoms with E-state index in [1.54, 1.807) is 0 Å². The van der Waals surface area contributed by atoms with E-state index < -0.39 is 0 Å². The molecule has 3 heteroatoms. The van der Waals surface area contributed by atoms with E-state index >= 15 is 0 Å². The maximum Gasteiger partial charge on any atom is 0.103 e. The van der Waals surface area contributed by atoms with Gasteiger partial charge in [0.25, 0.3) is 0 Å². The number of nitrogens with two attached hydrogens (primary N) is 1. The Hall–Kier alpha value is -0.930. The van der Waals surface area contributed by atoms with Crippen LogP contribution in [-0.4, -0.2) is 22.5 Å². The van der Waals surface area contributed by atoms with Crippen LogP contribution in [0.4, 0.5) is 0 Å². The van der Waals surface area contributed by atoms with Crippen molar-refractivity contribution in [3.63, 3.8) is 0 Å². The molecule has 0 atom stereocenters. The SMILES string of the molecule is CCCN(Cc1ccc(C(N)=S)cc1C)C1CC1. The Balaban J connectivity index is 2.10. The molecule has 0 saturated heterocycles. The number of benzene rings is 1. The van der Waals surface area contributed by atoms with Crippen LogP contribution in [0, 0.1) is 6.92 Å². The van der Waals surface area contributed by atoms with E-state index in [9.17, 15) is 0 Å². The van der Waals surface area contributed by atoms with Crippen LogP contribution in [0.5, 0.6) is 0 Å². The molecule has 2 rings (SSSR count). The molecule has 0 spiro atoms.